The van der Waals surface area contributed by atoms with Gasteiger partial charge >= 0.3 is 0 Å². The lowest BCUT2D eigenvalue weighted by Crippen LogP contribution is -2.28. The summed E-state index contributed by atoms with van der Waals surface area (Å²) in [6, 6.07) is 9.36. The number of halogens is 1. The van der Waals surface area contributed by atoms with Crippen LogP contribution in [0.25, 0.3) is 0 Å². The molecule has 1 amide bonds. The van der Waals surface area contributed by atoms with Crippen molar-refractivity contribution in [3.8, 4) is 5.75 Å². The second-order valence-electron chi connectivity index (χ2n) is 4.81. The van der Waals surface area contributed by atoms with Gasteiger partial charge in [-0.15, -0.1) is 0 Å². The molecule has 0 saturated carbocycles. The molecule has 0 heterocycles. The van der Waals surface area contributed by atoms with Gasteiger partial charge in [-0.1, -0.05) is 19.0 Å². The van der Waals surface area contributed by atoms with Gasteiger partial charge in [-0.3, -0.25) is 25.0 Å². The van der Waals surface area contributed by atoms with E-state index in [4.69, 9.17) is 16.3 Å². The van der Waals surface area contributed by atoms with Crippen LogP contribution in [0, 0.1) is 20.2 Å². The molecular formula is C16H16ClN3O6. The maximum atomic E-state index is 12.0. The lowest BCUT2D eigenvalue weighted by molar-refractivity contribution is -0.394. The van der Waals surface area contributed by atoms with Crippen LogP contribution >= 0.6 is 11.6 Å². The Morgan fingerprint density at radius 1 is 1.04 bits per heavy atom. The molecule has 0 radical (unpaired) electrons. The van der Waals surface area contributed by atoms with E-state index in [0.29, 0.717) is 10.8 Å². The maximum absolute atomic E-state index is 12.0. The molecular weight excluding hydrogens is 366 g/mol. The summed E-state index contributed by atoms with van der Waals surface area (Å²) in [4.78, 5) is 32.1. The zero-order valence-electron chi connectivity index (χ0n) is 12.7. The number of rotatable bonds is 7. The van der Waals surface area contributed by atoms with Crippen LogP contribution in [-0.4, -0.2) is 28.9 Å². The van der Waals surface area contributed by atoms with Crippen molar-refractivity contribution in [3.63, 3.8) is 0 Å². The molecule has 10 heteroatoms. The zero-order valence-corrected chi connectivity index (χ0v) is 13.4. The van der Waals surface area contributed by atoms with Crippen molar-refractivity contribution < 1.29 is 19.4 Å². The topological polar surface area (TPSA) is 125 Å². The molecule has 0 bridgehead atoms. The molecule has 0 fully saturated rings. The van der Waals surface area contributed by atoms with Crippen LogP contribution in [0.1, 0.15) is 17.8 Å². The Kier molecular flexibility index (Phi) is 7.48. The molecule has 0 unspecified atom stereocenters. The van der Waals surface area contributed by atoms with E-state index in [0.717, 1.165) is 18.2 Å². The third-order valence-electron chi connectivity index (χ3n) is 3.06. The fourth-order valence-electron chi connectivity index (χ4n) is 1.90. The van der Waals surface area contributed by atoms with Gasteiger partial charge < -0.3 is 10.1 Å². The van der Waals surface area contributed by atoms with Crippen LogP contribution in [-0.2, 0) is 0 Å². The first-order valence-electron chi connectivity index (χ1n) is 6.97. The first-order chi connectivity index (χ1) is 11.9. The number of nitrogens with one attached hydrogen (secondary N) is 1. The molecule has 2 aromatic rings. The number of carbonyl (C=O) groups is 1. The quantitative estimate of drug-likeness (QED) is 0.443. The Morgan fingerprint density at radius 3 is 2.08 bits per heavy atom. The van der Waals surface area contributed by atoms with Crippen molar-refractivity contribution in [3.05, 3.63) is 73.3 Å². The van der Waals surface area contributed by atoms with Crippen LogP contribution in [0.15, 0.2) is 42.5 Å². The third-order valence-corrected chi connectivity index (χ3v) is 3.31. The normalized spacial score (nSPS) is 9.73. The molecule has 2 rings (SSSR count). The smallest absolute Gasteiger partial charge is 0.277 e. The molecule has 9 nitrogen and oxygen atoms in total. The highest BCUT2D eigenvalue weighted by Gasteiger charge is 2.19. The van der Waals surface area contributed by atoms with Gasteiger partial charge in [0.15, 0.2) is 0 Å². The third kappa shape index (κ3) is 5.71. The zero-order chi connectivity index (χ0) is 18.4. The summed E-state index contributed by atoms with van der Waals surface area (Å²) in [5.41, 5.74) is -1.24. The van der Waals surface area contributed by atoms with E-state index in [1.54, 1.807) is 24.3 Å². The SMILES string of the molecule is C.O=C(NCCOc1ccc(Cl)cc1)c1cc([N+](=O)[O-])cc([N+](=O)[O-])c1. The molecule has 26 heavy (non-hydrogen) atoms. The fraction of sp³-hybridized carbons (Fsp3) is 0.188. The highest BCUT2D eigenvalue weighted by molar-refractivity contribution is 6.30. The predicted octanol–water partition coefficient (Wildman–Crippen LogP) is 3.60. The number of amides is 1. The summed E-state index contributed by atoms with van der Waals surface area (Å²) in [7, 11) is 0. The van der Waals surface area contributed by atoms with Gasteiger partial charge in [0, 0.05) is 17.2 Å². The summed E-state index contributed by atoms with van der Waals surface area (Å²) < 4.78 is 5.38. The summed E-state index contributed by atoms with van der Waals surface area (Å²) in [5, 5.41) is 24.7. The number of benzene rings is 2. The number of carbonyl (C=O) groups excluding carboxylic acids is 1. The Bertz CT molecular complexity index is 778. The molecule has 0 saturated heterocycles. The largest absolute Gasteiger partial charge is 0.492 e. The first kappa shape index (κ1) is 20.8. The van der Waals surface area contributed by atoms with Gasteiger partial charge in [0.25, 0.3) is 17.3 Å². The number of nitro groups is 2. The number of ether oxygens (including phenoxy) is 1. The number of non-ortho nitro benzene ring substituents is 2. The molecule has 0 aromatic heterocycles. The van der Waals surface area contributed by atoms with Gasteiger partial charge in [0.2, 0.25) is 0 Å². The molecule has 138 valence electrons. The number of nitrogens with zero attached hydrogens (tertiary/aromatic N) is 2. The van der Waals surface area contributed by atoms with E-state index in [-0.39, 0.29) is 26.1 Å². The van der Waals surface area contributed by atoms with E-state index in [2.05, 4.69) is 5.32 Å². The molecule has 0 aliphatic carbocycles. The minimum absolute atomic E-state index is 0. The summed E-state index contributed by atoms with van der Waals surface area (Å²) in [6.45, 7) is 0.252. The highest BCUT2D eigenvalue weighted by Crippen LogP contribution is 2.22. The maximum Gasteiger partial charge on any atom is 0.277 e. The molecule has 1 N–H and O–H groups in total. The van der Waals surface area contributed by atoms with Crippen LogP contribution in [0.3, 0.4) is 0 Å². The average Bonchev–Trinajstić information content (AvgIpc) is 2.59. The van der Waals surface area contributed by atoms with Crippen molar-refractivity contribution in [2.45, 2.75) is 7.43 Å². The van der Waals surface area contributed by atoms with Crippen LogP contribution in [0.2, 0.25) is 5.02 Å². The van der Waals surface area contributed by atoms with Crippen LogP contribution < -0.4 is 10.1 Å². The summed E-state index contributed by atoms with van der Waals surface area (Å²) >= 11 is 5.74. The van der Waals surface area contributed by atoms with Gasteiger partial charge in [-0.2, -0.15) is 0 Å². The number of hydrogen-bond donors (Lipinski definition) is 1. The van der Waals surface area contributed by atoms with Gasteiger partial charge in [0.1, 0.15) is 12.4 Å². The fourth-order valence-corrected chi connectivity index (χ4v) is 2.03. The van der Waals surface area contributed by atoms with Crippen LogP contribution in [0.5, 0.6) is 5.75 Å². The van der Waals surface area contributed by atoms with E-state index < -0.39 is 27.1 Å². The Labute approximate surface area is 153 Å². The molecule has 0 atom stereocenters. The minimum Gasteiger partial charge on any atom is -0.492 e. The van der Waals surface area contributed by atoms with Gasteiger partial charge in [-0.05, 0) is 24.3 Å². The number of nitro benzene ring substituents is 2. The minimum atomic E-state index is -0.798. The summed E-state index contributed by atoms with van der Waals surface area (Å²) in [6.07, 6.45) is 0. The van der Waals surface area contributed by atoms with Crippen molar-refractivity contribution in [2.24, 2.45) is 0 Å². The lowest BCUT2D eigenvalue weighted by Gasteiger charge is -2.08. The predicted molar refractivity (Wildman–Crippen MR) is 95.8 cm³/mol. The number of hydrogen-bond acceptors (Lipinski definition) is 6. The van der Waals surface area contributed by atoms with Crippen molar-refractivity contribution >= 4 is 28.9 Å². The molecule has 0 aliphatic rings. The average molecular weight is 382 g/mol. The van der Waals surface area contributed by atoms with Crippen molar-refractivity contribution in [1.29, 1.82) is 0 Å². The second kappa shape index (κ2) is 9.33. The van der Waals surface area contributed by atoms with E-state index in [9.17, 15) is 25.0 Å². The molecule has 2 aromatic carbocycles. The Hall–Kier alpha value is -3.20. The standard InChI is InChI=1S/C15H12ClN3O6.CH4/c16-11-1-3-14(4-2-11)25-6-5-17-15(20)10-7-12(18(21)22)9-13(8-10)19(23)24;/h1-4,7-9H,5-6H2,(H,17,20);1H4. The summed E-state index contributed by atoms with van der Waals surface area (Å²) in [5.74, 6) is -0.115. The van der Waals surface area contributed by atoms with Crippen molar-refractivity contribution in [1.82, 2.24) is 5.32 Å². The van der Waals surface area contributed by atoms with Crippen molar-refractivity contribution in [2.75, 3.05) is 13.2 Å². The highest BCUT2D eigenvalue weighted by atomic mass is 35.5. The lowest BCUT2D eigenvalue weighted by atomic mass is 10.1. The van der Waals surface area contributed by atoms with E-state index >= 15 is 0 Å². The monoisotopic (exact) mass is 381 g/mol. The first-order valence-corrected chi connectivity index (χ1v) is 7.35. The van der Waals surface area contributed by atoms with Crippen LogP contribution in [0.4, 0.5) is 11.4 Å². The Balaban J connectivity index is 0.00000338. The van der Waals surface area contributed by atoms with E-state index in [1.807, 2.05) is 0 Å². The van der Waals surface area contributed by atoms with Gasteiger partial charge in [-0.25, -0.2) is 0 Å². The Morgan fingerprint density at radius 2 is 1.58 bits per heavy atom. The molecule has 0 spiro atoms. The van der Waals surface area contributed by atoms with Gasteiger partial charge in [0.05, 0.1) is 28.0 Å². The second-order valence-corrected chi connectivity index (χ2v) is 5.25. The molecule has 0 aliphatic heterocycles. The van der Waals surface area contributed by atoms with E-state index in [1.165, 1.54) is 0 Å².